The third-order valence-corrected chi connectivity index (χ3v) is 2.63. The Kier molecular flexibility index (Phi) is 2.41. The average molecular weight is 238 g/mol. The van der Waals surface area contributed by atoms with Crippen LogP contribution in [0.3, 0.4) is 0 Å². The van der Waals surface area contributed by atoms with E-state index in [0.717, 1.165) is 5.69 Å². The van der Waals surface area contributed by atoms with Crippen LogP contribution in [0.4, 0.5) is 0 Å². The van der Waals surface area contributed by atoms with Crippen molar-refractivity contribution in [2.24, 2.45) is 0 Å². The van der Waals surface area contributed by atoms with Crippen LogP contribution in [0.1, 0.15) is 21.9 Å². The highest BCUT2D eigenvalue weighted by Gasteiger charge is 2.15. The van der Waals surface area contributed by atoms with Crippen LogP contribution in [0.2, 0.25) is 0 Å². The number of fused-ring (bicyclic) bond motifs is 1. The minimum atomic E-state index is -0.230. The summed E-state index contributed by atoms with van der Waals surface area (Å²) >= 11 is 0. The molecule has 4 nitrogen and oxygen atoms in total. The lowest BCUT2D eigenvalue weighted by molar-refractivity contribution is 0.101. The molecule has 0 radical (unpaired) electrons. The molecule has 18 heavy (non-hydrogen) atoms. The average Bonchev–Trinajstić information content (AvgIpc) is 2.81. The predicted molar refractivity (Wildman–Crippen MR) is 66.4 cm³/mol. The van der Waals surface area contributed by atoms with E-state index >= 15 is 0 Å². The van der Waals surface area contributed by atoms with Crippen molar-refractivity contribution in [1.82, 2.24) is 9.97 Å². The summed E-state index contributed by atoms with van der Waals surface area (Å²) in [5.74, 6) is 0.0352. The predicted octanol–water partition coefficient (Wildman–Crippen LogP) is 2.76. The van der Waals surface area contributed by atoms with E-state index in [1.807, 2.05) is 19.1 Å². The quantitative estimate of drug-likeness (QED) is 0.644. The van der Waals surface area contributed by atoms with Crippen LogP contribution in [-0.4, -0.2) is 15.8 Å². The van der Waals surface area contributed by atoms with Gasteiger partial charge in [0.15, 0.2) is 11.3 Å². The van der Waals surface area contributed by atoms with Gasteiger partial charge in [-0.25, -0.2) is 4.98 Å². The minimum absolute atomic E-state index is 0.230. The van der Waals surface area contributed by atoms with Crippen molar-refractivity contribution in [3.05, 3.63) is 59.7 Å². The van der Waals surface area contributed by atoms with Crippen molar-refractivity contribution in [3.63, 3.8) is 0 Å². The van der Waals surface area contributed by atoms with Crippen LogP contribution in [0.25, 0.3) is 11.1 Å². The Morgan fingerprint density at radius 1 is 1.22 bits per heavy atom. The van der Waals surface area contributed by atoms with Gasteiger partial charge >= 0.3 is 0 Å². The highest BCUT2D eigenvalue weighted by molar-refractivity contribution is 6.07. The SMILES string of the molecule is Cc1ccc2oc(C(=O)c3ccccn3)cc2n1. The van der Waals surface area contributed by atoms with Crippen LogP contribution >= 0.6 is 0 Å². The molecule has 4 heteroatoms. The second-order valence-electron chi connectivity index (χ2n) is 3.99. The second-order valence-corrected chi connectivity index (χ2v) is 3.99. The number of carbonyl (C=O) groups excluding carboxylic acids is 1. The van der Waals surface area contributed by atoms with Gasteiger partial charge in [-0.1, -0.05) is 6.07 Å². The maximum absolute atomic E-state index is 12.1. The molecule has 0 unspecified atom stereocenters. The van der Waals surface area contributed by atoms with Gasteiger partial charge < -0.3 is 4.42 Å². The topological polar surface area (TPSA) is 56.0 Å². The molecular weight excluding hydrogens is 228 g/mol. The summed E-state index contributed by atoms with van der Waals surface area (Å²) in [6.45, 7) is 1.90. The lowest BCUT2D eigenvalue weighted by Gasteiger charge is -1.94. The summed E-state index contributed by atoms with van der Waals surface area (Å²) in [4.78, 5) is 20.4. The van der Waals surface area contributed by atoms with E-state index in [9.17, 15) is 4.79 Å². The molecule has 0 saturated heterocycles. The van der Waals surface area contributed by atoms with E-state index in [1.165, 1.54) is 0 Å². The maximum Gasteiger partial charge on any atom is 0.246 e. The highest BCUT2D eigenvalue weighted by Crippen LogP contribution is 2.19. The van der Waals surface area contributed by atoms with Gasteiger partial charge in [0, 0.05) is 18.0 Å². The zero-order valence-electron chi connectivity index (χ0n) is 9.75. The molecule has 0 aliphatic rings. The fourth-order valence-corrected chi connectivity index (χ4v) is 1.76. The number of ketones is 1. The van der Waals surface area contributed by atoms with Gasteiger partial charge in [0.05, 0.1) is 0 Å². The standard InChI is InChI=1S/C14H10N2O2/c1-9-5-6-12-11(16-9)8-13(18-12)14(17)10-4-2-3-7-15-10/h2-8H,1H3. The summed E-state index contributed by atoms with van der Waals surface area (Å²) in [5, 5.41) is 0. The second kappa shape index (κ2) is 4.07. The molecule has 3 aromatic rings. The van der Waals surface area contributed by atoms with E-state index < -0.39 is 0 Å². The molecule has 0 aromatic carbocycles. The number of aryl methyl sites for hydroxylation is 1. The van der Waals surface area contributed by atoms with Gasteiger partial charge in [-0.05, 0) is 31.2 Å². The van der Waals surface area contributed by atoms with Crippen molar-refractivity contribution in [3.8, 4) is 0 Å². The normalized spacial score (nSPS) is 10.7. The Labute approximate surface area is 103 Å². The largest absolute Gasteiger partial charge is 0.451 e. The van der Waals surface area contributed by atoms with Gasteiger partial charge in [-0.2, -0.15) is 0 Å². The molecule has 0 fully saturated rings. The Morgan fingerprint density at radius 2 is 2.11 bits per heavy atom. The maximum atomic E-state index is 12.1. The van der Waals surface area contributed by atoms with E-state index in [2.05, 4.69) is 9.97 Å². The number of hydrogen-bond donors (Lipinski definition) is 0. The van der Waals surface area contributed by atoms with Gasteiger partial charge in [-0.3, -0.25) is 9.78 Å². The Bertz CT molecular complexity index is 717. The minimum Gasteiger partial charge on any atom is -0.451 e. The first-order valence-electron chi connectivity index (χ1n) is 5.57. The van der Waals surface area contributed by atoms with Gasteiger partial charge in [0.1, 0.15) is 11.2 Å². The van der Waals surface area contributed by atoms with Gasteiger partial charge in [-0.15, -0.1) is 0 Å². The smallest absolute Gasteiger partial charge is 0.246 e. The number of furan rings is 1. The van der Waals surface area contributed by atoms with Crippen LogP contribution in [0, 0.1) is 6.92 Å². The fraction of sp³-hybridized carbons (Fsp3) is 0.0714. The zero-order valence-corrected chi connectivity index (χ0v) is 9.75. The van der Waals surface area contributed by atoms with E-state index in [-0.39, 0.29) is 11.5 Å². The molecule has 0 aliphatic carbocycles. The molecule has 0 saturated carbocycles. The fourth-order valence-electron chi connectivity index (χ4n) is 1.76. The number of nitrogens with zero attached hydrogens (tertiary/aromatic N) is 2. The molecule has 0 atom stereocenters. The molecule has 3 aromatic heterocycles. The number of pyridine rings is 2. The van der Waals surface area contributed by atoms with Crippen molar-refractivity contribution in [2.75, 3.05) is 0 Å². The summed E-state index contributed by atoms with van der Waals surface area (Å²) in [6.07, 6.45) is 1.58. The Balaban J connectivity index is 2.07. The molecule has 0 amide bonds. The first-order chi connectivity index (χ1) is 8.74. The monoisotopic (exact) mass is 238 g/mol. The van der Waals surface area contributed by atoms with Crippen molar-refractivity contribution >= 4 is 16.9 Å². The number of rotatable bonds is 2. The highest BCUT2D eigenvalue weighted by atomic mass is 16.3. The molecule has 3 rings (SSSR count). The van der Waals surface area contributed by atoms with E-state index in [4.69, 9.17) is 4.42 Å². The van der Waals surface area contributed by atoms with Gasteiger partial charge in [0.2, 0.25) is 5.78 Å². The molecule has 0 aliphatic heterocycles. The summed E-state index contributed by atoms with van der Waals surface area (Å²) in [7, 11) is 0. The Morgan fingerprint density at radius 3 is 2.89 bits per heavy atom. The summed E-state index contributed by atoms with van der Waals surface area (Å²) in [5.41, 5.74) is 2.56. The molecule has 0 bridgehead atoms. The van der Waals surface area contributed by atoms with Crippen molar-refractivity contribution in [1.29, 1.82) is 0 Å². The van der Waals surface area contributed by atoms with Crippen LogP contribution in [-0.2, 0) is 0 Å². The van der Waals surface area contributed by atoms with E-state index in [1.54, 1.807) is 30.5 Å². The van der Waals surface area contributed by atoms with E-state index in [0.29, 0.717) is 16.8 Å². The Hall–Kier alpha value is -2.49. The van der Waals surface area contributed by atoms with Gasteiger partial charge in [0.25, 0.3) is 0 Å². The molecular formula is C14H10N2O2. The zero-order chi connectivity index (χ0) is 12.5. The van der Waals surface area contributed by atoms with Crippen LogP contribution in [0.15, 0.2) is 47.0 Å². The molecule has 3 heterocycles. The third kappa shape index (κ3) is 1.78. The first-order valence-corrected chi connectivity index (χ1v) is 5.57. The molecule has 0 N–H and O–H groups in total. The number of carbonyl (C=O) groups is 1. The van der Waals surface area contributed by atoms with Crippen molar-refractivity contribution < 1.29 is 9.21 Å². The van der Waals surface area contributed by atoms with Crippen LogP contribution in [0.5, 0.6) is 0 Å². The third-order valence-electron chi connectivity index (χ3n) is 2.63. The molecule has 88 valence electrons. The lowest BCUT2D eigenvalue weighted by atomic mass is 10.2. The lowest BCUT2D eigenvalue weighted by Crippen LogP contribution is -2.01. The molecule has 0 spiro atoms. The van der Waals surface area contributed by atoms with Crippen LogP contribution < -0.4 is 0 Å². The summed E-state index contributed by atoms with van der Waals surface area (Å²) in [6, 6.07) is 10.5. The number of hydrogen-bond acceptors (Lipinski definition) is 4. The number of aromatic nitrogens is 2. The van der Waals surface area contributed by atoms with Crippen molar-refractivity contribution in [2.45, 2.75) is 6.92 Å². The first kappa shape index (κ1) is 10.7. The summed E-state index contributed by atoms with van der Waals surface area (Å²) < 4.78 is 5.49.